The molecule has 0 saturated heterocycles. The Labute approximate surface area is 407 Å². The SMILES string of the molecule is CCC1(CC)C(C)=[N+](CCCS(=O)(=O)[O-])c2ccc3cc(C)c[c-]c3c21.[Y].[Y].[Y].[Y].[Y].[Y].[Y].[Y]. The summed E-state index contributed by atoms with van der Waals surface area (Å²) in [6.07, 6.45) is 2.28. The van der Waals surface area contributed by atoms with Gasteiger partial charge >= 0.3 is 0 Å². The first kappa shape index (κ1) is 53.7. The van der Waals surface area contributed by atoms with Crippen LogP contribution in [0.2, 0.25) is 0 Å². The van der Waals surface area contributed by atoms with E-state index in [9.17, 15) is 13.0 Å². The van der Waals surface area contributed by atoms with Gasteiger partial charge in [0, 0.05) is 286 Å². The number of aryl methyl sites for hydroxylation is 1. The van der Waals surface area contributed by atoms with Crippen LogP contribution in [0.25, 0.3) is 10.8 Å². The van der Waals surface area contributed by atoms with E-state index in [0.717, 1.165) is 23.9 Å². The van der Waals surface area contributed by atoms with Crippen molar-refractivity contribution in [3.63, 3.8) is 0 Å². The minimum atomic E-state index is -4.18. The summed E-state index contributed by atoms with van der Waals surface area (Å²) in [6.45, 7) is 9.16. The fraction of sp³-hybridized carbons (Fsp3) is 0.476. The van der Waals surface area contributed by atoms with Gasteiger partial charge in [-0.05, 0) is 24.5 Å². The summed E-state index contributed by atoms with van der Waals surface area (Å²) in [7, 11) is -4.18. The standard InChI is InChI=1S/C21H27NO3S.8Y/c1-5-21(6-2)16(4)22(12-7-13-26(23,24)25)19-11-9-17-14-15(3)8-10-18(17)20(19)21;;;;;;;;/h8-9,11,14H,5-7,12-13H2,1-4H3,(H,23,24,25);;;;;;;;/p-1. The van der Waals surface area contributed by atoms with Crippen molar-refractivity contribution in [1.29, 1.82) is 0 Å². The van der Waals surface area contributed by atoms with Crippen LogP contribution in [0.3, 0.4) is 0 Å². The van der Waals surface area contributed by atoms with Gasteiger partial charge in [-0.2, -0.15) is 0 Å². The van der Waals surface area contributed by atoms with Gasteiger partial charge in [0.05, 0.1) is 10.1 Å². The smallest absolute Gasteiger partial charge is 0.168 e. The summed E-state index contributed by atoms with van der Waals surface area (Å²) in [5.74, 6) is -0.323. The predicted molar refractivity (Wildman–Crippen MR) is 104 cm³/mol. The first-order valence-corrected chi connectivity index (χ1v) is 10.8. The van der Waals surface area contributed by atoms with Gasteiger partial charge in [-0.15, -0.1) is 34.5 Å². The maximum absolute atomic E-state index is 11.0. The summed E-state index contributed by atoms with van der Waals surface area (Å²) in [4.78, 5) is 0. The molecule has 0 saturated carbocycles. The van der Waals surface area contributed by atoms with Gasteiger partial charge in [0.1, 0.15) is 6.54 Å². The predicted octanol–water partition coefficient (Wildman–Crippen LogP) is 4.04. The maximum atomic E-state index is 11.0. The van der Waals surface area contributed by atoms with Crippen LogP contribution < -0.4 is 0 Å². The van der Waals surface area contributed by atoms with Crippen molar-refractivity contribution in [2.75, 3.05) is 12.3 Å². The van der Waals surface area contributed by atoms with Crippen LogP contribution in [0.4, 0.5) is 5.69 Å². The van der Waals surface area contributed by atoms with Crippen molar-refractivity contribution >= 4 is 32.3 Å². The van der Waals surface area contributed by atoms with Crippen molar-refractivity contribution in [3.05, 3.63) is 41.5 Å². The van der Waals surface area contributed by atoms with Gasteiger partial charge in [-0.3, -0.25) is 0 Å². The Kier molecular flexibility index (Phi) is 38.6. The molecule has 2 aromatic rings. The molecule has 0 unspecified atom stereocenters. The van der Waals surface area contributed by atoms with Crippen LogP contribution in [0.5, 0.6) is 0 Å². The Bertz CT molecular complexity index is 1010. The van der Waals surface area contributed by atoms with Gasteiger partial charge in [0.25, 0.3) is 0 Å². The topological polar surface area (TPSA) is 60.2 Å². The first-order valence-electron chi connectivity index (χ1n) is 9.24. The summed E-state index contributed by atoms with van der Waals surface area (Å²) in [6, 6.07) is 11.9. The third-order valence-electron chi connectivity index (χ3n) is 5.89. The summed E-state index contributed by atoms with van der Waals surface area (Å²) >= 11 is 0. The molecule has 1 aliphatic rings. The quantitative estimate of drug-likeness (QED) is 0.250. The normalized spacial score (nSPS) is 12.5. The second-order valence-electron chi connectivity index (χ2n) is 7.24. The van der Waals surface area contributed by atoms with Crippen LogP contribution in [0.15, 0.2) is 24.3 Å². The molecule has 164 valence electrons. The van der Waals surface area contributed by atoms with E-state index in [2.05, 4.69) is 56.5 Å². The molecule has 3 rings (SSSR count). The fourth-order valence-electron chi connectivity index (χ4n) is 4.49. The van der Waals surface area contributed by atoms with Crippen molar-refractivity contribution in [3.8, 4) is 0 Å². The molecular formula is C21H26NO3SY8-. The molecule has 0 atom stereocenters. The maximum Gasteiger partial charge on any atom is 0.168 e. The summed E-state index contributed by atoms with van der Waals surface area (Å²) < 4.78 is 35.2. The van der Waals surface area contributed by atoms with Crippen molar-refractivity contribution in [1.82, 2.24) is 0 Å². The van der Waals surface area contributed by atoms with E-state index in [1.54, 1.807) is 0 Å². The molecule has 1 aliphatic heterocycles. The Hall–Kier alpha value is 7.11. The number of hydrogen-bond donors (Lipinski definition) is 0. The van der Waals surface area contributed by atoms with Crippen molar-refractivity contribution in [2.24, 2.45) is 0 Å². The van der Waals surface area contributed by atoms with Crippen molar-refractivity contribution < 1.29 is 279 Å². The van der Waals surface area contributed by atoms with E-state index in [-0.39, 0.29) is 273 Å². The summed E-state index contributed by atoms with van der Waals surface area (Å²) in [5.41, 5.74) is 4.77. The number of rotatable bonds is 6. The third kappa shape index (κ3) is 13.0. The number of fused-ring (bicyclic) bond motifs is 3. The molecular weight excluding hydrogens is 1060 g/mol. The molecule has 0 bridgehead atoms. The fourth-order valence-corrected chi connectivity index (χ4v) is 4.97. The van der Waals surface area contributed by atoms with Crippen LogP contribution in [0, 0.1) is 13.0 Å². The Morgan fingerprint density at radius 1 is 0.941 bits per heavy atom. The minimum absolute atomic E-state index is 0. The van der Waals surface area contributed by atoms with E-state index >= 15 is 0 Å². The molecule has 0 spiro atoms. The number of nitrogens with zero attached hydrogens (tertiary/aromatic N) is 1. The Morgan fingerprint density at radius 3 is 1.94 bits per heavy atom. The zero-order valence-corrected chi connectivity index (χ0v) is 44.1. The van der Waals surface area contributed by atoms with Gasteiger partial charge in [-0.1, -0.05) is 26.8 Å². The van der Waals surface area contributed by atoms with E-state index in [1.807, 2.05) is 6.07 Å². The third-order valence-corrected chi connectivity index (χ3v) is 6.68. The average Bonchev–Trinajstić information content (AvgIpc) is 2.82. The zero-order chi connectivity index (χ0) is 19.1. The zero-order valence-electron chi connectivity index (χ0n) is 20.5. The van der Waals surface area contributed by atoms with Gasteiger partial charge in [0.15, 0.2) is 11.4 Å². The van der Waals surface area contributed by atoms with Crippen LogP contribution in [0.1, 0.15) is 51.2 Å². The molecule has 2 aromatic carbocycles. The Balaban J connectivity index is -0.000000245. The van der Waals surface area contributed by atoms with E-state index in [0.29, 0.717) is 13.0 Å². The monoisotopic (exact) mass is 1080 g/mol. The van der Waals surface area contributed by atoms with E-state index in [1.165, 1.54) is 22.2 Å². The molecule has 0 N–H and O–H groups in total. The molecule has 0 fully saturated rings. The van der Waals surface area contributed by atoms with Crippen molar-refractivity contribution in [2.45, 2.75) is 52.4 Å². The number of hydrogen-bond acceptors (Lipinski definition) is 3. The van der Waals surface area contributed by atoms with Gasteiger partial charge in [0.2, 0.25) is 0 Å². The largest absolute Gasteiger partial charge is 0.748 e. The first-order chi connectivity index (χ1) is 12.2. The van der Waals surface area contributed by atoms with E-state index in [4.69, 9.17) is 0 Å². The molecule has 34 heavy (non-hydrogen) atoms. The molecule has 0 amide bonds. The second kappa shape index (κ2) is 24.4. The minimum Gasteiger partial charge on any atom is -0.748 e. The second-order valence-corrected chi connectivity index (χ2v) is 8.77. The van der Waals surface area contributed by atoms with Crippen LogP contribution in [-0.4, -0.2) is 35.6 Å². The van der Waals surface area contributed by atoms with Gasteiger partial charge in [-0.25, -0.2) is 13.0 Å². The van der Waals surface area contributed by atoms with Crippen LogP contribution >= 0.6 is 0 Å². The molecule has 0 aliphatic carbocycles. The molecule has 8 radical (unpaired) electrons. The average molecular weight is 1080 g/mol. The summed E-state index contributed by atoms with van der Waals surface area (Å²) in [5, 5.41) is 2.34. The number of benzene rings is 2. The molecule has 4 nitrogen and oxygen atoms in total. The van der Waals surface area contributed by atoms with Crippen LogP contribution in [-0.2, 0) is 277 Å². The molecule has 13 heteroatoms. The Morgan fingerprint density at radius 2 is 1.47 bits per heavy atom. The van der Waals surface area contributed by atoms with Gasteiger partial charge < -0.3 is 4.55 Å². The molecule has 1 heterocycles. The molecule has 0 aromatic heterocycles. The van der Waals surface area contributed by atoms with E-state index < -0.39 is 10.1 Å².